The van der Waals surface area contributed by atoms with Crippen molar-refractivity contribution >= 4 is 29.2 Å². The summed E-state index contributed by atoms with van der Waals surface area (Å²) in [6.07, 6.45) is -4.45. The highest BCUT2D eigenvalue weighted by Crippen LogP contribution is 2.23. The van der Waals surface area contributed by atoms with Gasteiger partial charge in [0.1, 0.15) is 5.01 Å². The lowest BCUT2D eigenvalue weighted by molar-refractivity contribution is -0.385. The maximum atomic E-state index is 12.8. The first-order valence-electron chi connectivity index (χ1n) is 6.71. The monoisotopic (exact) mass is 378 g/mol. The summed E-state index contributed by atoms with van der Waals surface area (Å²) < 4.78 is 40.2. The van der Waals surface area contributed by atoms with Crippen LogP contribution in [0.2, 0.25) is 0 Å². The zero-order valence-corrected chi connectivity index (χ0v) is 14.1. The average molecular weight is 378 g/mol. The molecule has 0 spiro atoms. The molecule has 2 rings (SSSR count). The number of benzene rings is 1. The molecule has 2 aromatic rings. The topological polar surface area (TPSA) is 64.2 Å². The third-order valence-corrected chi connectivity index (χ3v) is 4.25. The highest BCUT2D eigenvalue weighted by atomic mass is 32.1. The molecule has 0 aliphatic heterocycles. The number of alkyl halides is 3. The fourth-order valence-corrected chi connectivity index (χ4v) is 3.22. The molecule has 0 atom stereocenters. The third kappa shape index (κ3) is 5.08. The van der Waals surface area contributed by atoms with Gasteiger partial charge in [-0.1, -0.05) is 29.5 Å². The molecule has 1 heterocycles. The second-order valence-corrected chi connectivity index (χ2v) is 6.84. The number of aryl methyl sites for hydroxylation is 1. The van der Waals surface area contributed by atoms with Crippen molar-refractivity contribution in [1.29, 1.82) is 0 Å². The molecular weight excluding hydrogens is 365 g/mol. The van der Waals surface area contributed by atoms with Crippen molar-refractivity contribution in [3.8, 4) is 0 Å². The summed E-state index contributed by atoms with van der Waals surface area (Å²) in [6.45, 7) is 0.0360. The summed E-state index contributed by atoms with van der Waals surface area (Å²) in [6, 6.07) is 5.72. The summed E-state index contributed by atoms with van der Waals surface area (Å²) >= 11 is 6.26. The fraction of sp³-hybridized carbons (Fsp3) is 0.385. The van der Waals surface area contributed by atoms with E-state index >= 15 is 0 Å². The fourth-order valence-electron chi connectivity index (χ4n) is 2.16. The number of para-hydroxylation sites is 1. The van der Waals surface area contributed by atoms with Gasteiger partial charge in [-0.3, -0.25) is 15.0 Å². The molecule has 1 aromatic heterocycles. The number of hydrogen-bond acceptors (Lipinski definition) is 6. The van der Waals surface area contributed by atoms with Crippen molar-refractivity contribution in [2.24, 2.45) is 0 Å². The molecule has 1 aromatic carbocycles. The maximum Gasteiger partial charge on any atom is 0.401 e. The third-order valence-electron chi connectivity index (χ3n) is 3.03. The first-order valence-corrected chi connectivity index (χ1v) is 7.94. The van der Waals surface area contributed by atoms with Gasteiger partial charge in [0.05, 0.1) is 18.1 Å². The Morgan fingerprint density at radius 1 is 1.42 bits per heavy atom. The Kier molecular flexibility index (Phi) is 5.67. The predicted octanol–water partition coefficient (Wildman–Crippen LogP) is 3.91. The molecule has 6 nitrogen and oxygen atoms in total. The van der Waals surface area contributed by atoms with E-state index in [-0.39, 0.29) is 24.5 Å². The Labute approximate surface area is 144 Å². The molecule has 0 fully saturated rings. The lowest BCUT2D eigenvalue weighted by Crippen LogP contribution is -2.35. The zero-order chi connectivity index (χ0) is 17.9. The van der Waals surface area contributed by atoms with E-state index in [0.717, 1.165) is 4.90 Å². The molecule has 0 aliphatic rings. The molecule has 130 valence electrons. The molecule has 0 bridgehead atoms. The largest absolute Gasteiger partial charge is 0.401 e. The standard InChI is InChI=1S/C13H13F3N4O2S2/c1-9-17-19(12(23)24-9)8-18(7-13(14,15)16)6-10-4-2-3-5-11(10)20(21)22/h2-5H,6-8H2,1H3. The molecule has 0 unspecified atom stereocenters. The van der Waals surface area contributed by atoms with Crippen LogP contribution in [0.3, 0.4) is 0 Å². The Balaban J connectivity index is 2.28. The van der Waals surface area contributed by atoms with Crippen LogP contribution < -0.4 is 0 Å². The lowest BCUT2D eigenvalue weighted by Gasteiger charge is -2.23. The van der Waals surface area contributed by atoms with E-state index in [2.05, 4.69) is 5.10 Å². The summed E-state index contributed by atoms with van der Waals surface area (Å²) in [4.78, 5) is 11.5. The molecule has 11 heteroatoms. The van der Waals surface area contributed by atoms with Crippen LogP contribution in [0.15, 0.2) is 24.3 Å². The first-order chi connectivity index (χ1) is 11.2. The van der Waals surface area contributed by atoms with Crippen LogP contribution in [0.4, 0.5) is 18.9 Å². The van der Waals surface area contributed by atoms with Crippen LogP contribution in [0, 0.1) is 21.0 Å². The maximum absolute atomic E-state index is 12.8. The minimum atomic E-state index is -4.45. The highest BCUT2D eigenvalue weighted by Gasteiger charge is 2.32. The molecular formula is C13H13F3N4O2S2. The highest BCUT2D eigenvalue weighted by molar-refractivity contribution is 7.73. The van der Waals surface area contributed by atoms with Gasteiger partial charge in [0, 0.05) is 18.2 Å². The van der Waals surface area contributed by atoms with E-state index < -0.39 is 17.6 Å². The van der Waals surface area contributed by atoms with E-state index in [4.69, 9.17) is 12.2 Å². The van der Waals surface area contributed by atoms with Gasteiger partial charge in [0.2, 0.25) is 0 Å². The van der Waals surface area contributed by atoms with E-state index in [1.165, 1.54) is 34.2 Å². The van der Waals surface area contributed by atoms with Gasteiger partial charge < -0.3 is 0 Å². The average Bonchev–Trinajstić information content (AvgIpc) is 2.75. The number of hydrogen-bond donors (Lipinski definition) is 0. The Morgan fingerprint density at radius 2 is 2.08 bits per heavy atom. The quantitative estimate of drug-likeness (QED) is 0.433. The van der Waals surface area contributed by atoms with Gasteiger partial charge in [0.25, 0.3) is 5.69 Å². The van der Waals surface area contributed by atoms with Crippen molar-refractivity contribution < 1.29 is 18.1 Å². The lowest BCUT2D eigenvalue weighted by atomic mass is 10.1. The van der Waals surface area contributed by atoms with Crippen LogP contribution in [-0.2, 0) is 13.2 Å². The normalized spacial score (nSPS) is 11.9. The number of aromatic nitrogens is 2. The summed E-state index contributed by atoms with van der Waals surface area (Å²) in [5.74, 6) is 0. The molecule has 0 saturated carbocycles. The van der Waals surface area contributed by atoms with E-state index in [1.807, 2.05) is 0 Å². The van der Waals surface area contributed by atoms with Gasteiger partial charge in [-0.2, -0.15) is 18.3 Å². The summed E-state index contributed by atoms with van der Waals surface area (Å²) in [5.41, 5.74) is -0.0204. The van der Waals surface area contributed by atoms with E-state index in [0.29, 0.717) is 8.96 Å². The number of rotatable bonds is 6. The predicted molar refractivity (Wildman–Crippen MR) is 85.2 cm³/mol. The Bertz CT molecular complexity index is 788. The molecule has 0 N–H and O–H groups in total. The molecule has 0 radical (unpaired) electrons. The van der Waals surface area contributed by atoms with Crippen molar-refractivity contribution in [3.05, 3.63) is 48.9 Å². The van der Waals surface area contributed by atoms with E-state index in [9.17, 15) is 23.3 Å². The van der Waals surface area contributed by atoms with Crippen LogP contribution in [0.25, 0.3) is 0 Å². The Hall–Kier alpha value is -1.85. The molecule has 0 amide bonds. The number of nitro benzene ring substituents is 1. The van der Waals surface area contributed by atoms with Gasteiger partial charge in [0.15, 0.2) is 3.95 Å². The van der Waals surface area contributed by atoms with Gasteiger partial charge in [-0.15, -0.1) is 0 Å². The van der Waals surface area contributed by atoms with Crippen molar-refractivity contribution in [3.63, 3.8) is 0 Å². The van der Waals surface area contributed by atoms with Crippen LogP contribution in [-0.4, -0.2) is 32.3 Å². The molecule has 0 aliphatic carbocycles. The van der Waals surface area contributed by atoms with E-state index in [1.54, 1.807) is 13.0 Å². The zero-order valence-electron chi connectivity index (χ0n) is 12.5. The summed E-state index contributed by atoms with van der Waals surface area (Å²) in [5, 5.41) is 15.7. The van der Waals surface area contributed by atoms with Gasteiger partial charge >= 0.3 is 6.18 Å². The van der Waals surface area contributed by atoms with Crippen LogP contribution >= 0.6 is 23.6 Å². The van der Waals surface area contributed by atoms with Crippen molar-refractivity contribution in [2.45, 2.75) is 26.3 Å². The SMILES string of the molecule is Cc1nn(CN(Cc2ccccc2[N+](=O)[O-])CC(F)(F)F)c(=S)s1. The molecule has 24 heavy (non-hydrogen) atoms. The second kappa shape index (κ2) is 7.36. The minimum Gasteiger partial charge on any atom is -0.271 e. The molecule has 0 saturated heterocycles. The van der Waals surface area contributed by atoms with Crippen LogP contribution in [0.5, 0.6) is 0 Å². The number of halogens is 3. The van der Waals surface area contributed by atoms with Gasteiger partial charge in [-0.25, -0.2) is 4.68 Å². The minimum absolute atomic E-state index is 0.199. The second-order valence-electron chi connectivity index (χ2n) is 5.02. The van der Waals surface area contributed by atoms with Gasteiger partial charge in [-0.05, 0) is 19.1 Å². The smallest absolute Gasteiger partial charge is 0.271 e. The number of nitro groups is 1. The Morgan fingerprint density at radius 3 is 2.62 bits per heavy atom. The summed E-state index contributed by atoms with van der Waals surface area (Å²) in [7, 11) is 0. The number of nitrogens with zero attached hydrogens (tertiary/aromatic N) is 4. The van der Waals surface area contributed by atoms with Crippen molar-refractivity contribution in [1.82, 2.24) is 14.7 Å². The first kappa shape index (κ1) is 18.5. The van der Waals surface area contributed by atoms with Crippen LogP contribution in [0.1, 0.15) is 10.6 Å². The van der Waals surface area contributed by atoms with Crippen molar-refractivity contribution in [2.75, 3.05) is 6.54 Å².